The maximum atomic E-state index is 12.2. The number of ether oxygens (including phenoxy) is 2. The minimum atomic E-state index is -0.773. The number of hydrogen-bond acceptors (Lipinski definition) is 6. The molecule has 8 nitrogen and oxygen atoms in total. The lowest BCUT2D eigenvalue weighted by molar-refractivity contribution is -0.156. The van der Waals surface area contributed by atoms with Crippen molar-refractivity contribution in [3.8, 4) is 0 Å². The Morgan fingerprint density at radius 3 is 2.50 bits per heavy atom. The normalized spacial score (nSPS) is 22.4. The molecule has 1 saturated heterocycles. The smallest absolute Gasteiger partial charge is 0.326 e. The molecule has 2 aliphatic rings. The second-order valence-electron chi connectivity index (χ2n) is 6.45. The van der Waals surface area contributed by atoms with Crippen molar-refractivity contribution >= 4 is 29.3 Å². The average Bonchev–Trinajstić information content (AvgIpc) is 2.84. The van der Waals surface area contributed by atoms with Crippen LogP contribution in [0.2, 0.25) is 0 Å². The first kappa shape index (κ1) is 18.1. The van der Waals surface area contributed by atoms with Crippen LogP contribution in [0.3, 0.4) is 0 Å². The molecule has 0 radical (unpaired) electrons. The molecule has 0 aromatic heterocycles. The molecule has 2 heterocycles. The predicted octanol–water partition coefficient (Wildman–Crippen LogP) is 0.395. The van der Waals surface area contributed by atoms with E-state index in [1.807, 2.05) is 13.8 Å². The van der Waals surface area contributed by atoms with Crippen molar-refractivity contribution in [2.24, 2.45) is 0 Å². The van der Waals surface area contributed by atoms with Crippen molar-refractivity contribution in [2.45, 2.75) is 26.1 Å². The largest absolute Gasteiger partial charge is 0.454 e. The van der Waals surface area contributed by atoms with Gasteiger partial charge < -0.3 is 14.4 Å². The zero-order valence-corrected chi connectivity index (χ0v) is 14.6. The van der Waals surface area contributed by atoms with Gasteiger partial charge in [0.1, 0.15) is 6.54 Å². The van der Waals surface area contributed by atoms with E-state index in [0.717, 1.165) is 4.90 Å². The van der Waals surface area contributed by atoms with E-state index in [9.17, 15) is 19.2 Å². The Hall–Kier alpha value is -2.74. The summed E-state index contributed by atoms with van der Waals surface area (Å²) < 4.78 is 10.6. The van der Waals surface area contributed by atoms with E-state index in [4.69, 9.17) is 9.47 Å². The Balaban J connectivity index is 1.56. The van der Waals surface area contributed by atoms with E-state index in [2.05, 4.69) is 0 Å². The molecule has 0 saturated carbocycles. The number of nitrogens with zero attached hydrogens (tertiary/aromatic N) is 2. The quantitative estimate of drug-likeness (QED) is 0.570. The highest BCUT2D eigenvalue weighted by atomic mass is 16.5. The van der Waals surface area contributed by atoms with Crippen LogP contribution in [-0.2, 0) is 23.9 Å². The summed E-state index contributed by atoms with van der Waals surface area (Å²) in [7, 11) is 0. The van der Waals surface area contributed by atoms with Gasteiger partial charge in [0.25, 0.3) is 17.6 Å². The number of para-hydroxylation sites is 1. The monoisotopic (exact) mass is 360 g/mol. The van der Waals surface area contributed by atoms with Gasteiger partial charge in [0.2, 0.25) is 0 Å². The minimum Gasteiger partial charge on any atom is -0.454 e. The van der Waals surface area contributed by atoms with Gasteiger partial charge in [-0.25, -0.2) is 0 Å². The molecule has 3 rings (SSSR count). The number of benzene rings is 1. The number of ketones is 1. The van der Waals surface area contributed by atoms with Crippen molar-refractivity contribution in [1.82, 2.24) is 4.90 Å². The van der Waals surface area contributed by atoms with Gasteiger partial charge in [0.15, 0.2) is 6.61 Å². The van der Waals surface area contributed by atoms with E-state index in [1.165, 1.54) is 6.07 Å². The molecule has 1 aromatic rings. The highest BCUT2D eigenvalue weighted by Crippen LogP contribution is 2.28. The minimum absolute atomic E-state index is 0.0804. The molecule has 2 amide bonds. The number of morpholine rings is 1. The molecule has 0 bridgehead atoms. The molecule has 0 spiro atoms. The van der Waals surface area contributed by atoms with Gasteiger partial charge >= 0.3 is 5.97 Å². The standard InChI is InChI=1S/C18H20N2O6/c1-11-7-19(8-12(2)26-11)15(21)10-25-16(22)9-20-14-6-4-3-5-13(14)17(23)18(20)24/h3-6,11-12H,7-10H2,1-2H3/t11-,12+. The van der Waals surface area contributed by atoms with Crippen LogP contribution >= 0.6 is 0 Å². The van der Waals surface area contributed by atoms with Gasteiger partial charge in [-0.05, 0) is 26.0 Å². The number of hydrogen-bond donors (Lipinski definition) is 0. The molecule has 26 heavy (non-hydrogen) atoms. The summed E-state index contributed by atoms with van der Waals surface area (Å²) in [5, 5.41) is 0. The van der Waals surface area contributed by atoms with Crippen LogP contribution in [0, 0.1) is 0 Å². The highest BCUT2D eigenvalue weighted by Gasteiger charge is 2.37. The summed E-state index contributed by atoms with van der Waals surface area (Å²) in [6.07, 6.45) is -0.161. The Morgan fingerprint density at radius 1 is 1.15 bits per heavy atom. The van der Waals surface area contributed by atoms with Gasteiger partial charge in [-0.3, -0.25) is 24.1 Å². The topological polar surface area (TPSA) is 93.2 Å². The van der Waals surface area contributed by atoms with E-state index < -0.39 is 30.8 Å². The third-order valence-electron chi connectivity index (χ3n) is 4.30. The second-order valence-corrected chi connectivity index (χ2v) is 6.45. The van der Waals surface area contributed by atoms with Crippen molar-refractivity contribution in [3.63, 3.8) is 0 Å². The van der Waals surface area contributed by atoms with Crippen molar-refractivity contribution in [3.05, 3.63) is 29.8 Å². The lowest BCUT2D eigenvalue weighted by atomic mass is 10.1. The van der Waals surface area contributed by atoms with Crippen LogP contribution in [0.4, 0.5) is 5.69 Å². The third kappa shape index (κ3) is 3.60. The number of esters is 1. The van der Waals surface area contributed by atoms with Gasteiger partial charge in [-0.15, -0.1) is 0 Å². The first-order valence-electron chi connectivity index (χ1n) is 8.41. The van der Waals surface area contributed by atoms with Crippen LogP contribution in [-0.4, -0.2) is 66.9 Å². The van der Waals surface area contributed by atoms with Crippen LogP contribution in [0.5, 0.6) is 0 Å². The van der Waals surface area contributed by atoms with Crippen molar-refractivity contribution in [2.75, 3.05) is 31.1 Å². The molecular weight excluding hydrogens is 340 g/mol. The Kier molecular flexibility index (Phi) is 5.03. The molecule has 1 aromatic carbocycles. The van der Waals surface area contributed by atoms with Crippen LogP contribution < -0.4 is 4.90 Å². The van der Waals surface area contributed by atoms with Crippen LogP contribution in [0.15, 0.2) is 24.3 Å². The zero-order chi connectivity index (χ0) is 18.8. The van der Waals surface area contributed by atoms with E-state index in [1.54, 1.807) is 23.1 Å². The number of carbonyl (C=O) groups is 4. The SMILES string of the molecule is C[C@@H]1CN(C(=O)COC(=O)CN2C(=O)C(=O)c3ccccc32)C[C@H](C)O1. The maximum absolute atomic E-state index is 12.2. The molecule has 8 heteroatoms. The lowest BCUT2D eigenvalue weighted by Gasteiger charge is -2.35. The molecule has 0 aliphatic carbocycles. The van der Waals surface area contributed by atoms with E-state index >= 15 is 0 Å². The first-order chi connectivity index (χ1) is 12.4. The summed E-state index contributed by atoms with van der Waals surface area (Å²) in [4.78, 5) is 50.9. The molecule has 1 fully saturated rings. The molecule has 2 atom stereocenters. The number of carbonyl (C=O) groups excluding carboxylic acids is 4. The number of fused-ring (bicyclic) bond motifs is 1. The summed E-state index contributed by atoms with van der Waals surface area (Å²) in [5.74, 6) is -2.48. The van der Waals surface area contributed by atoms with Gasteiger partial charge in [0, 0.05) is 13.1 Å². The summed E-state index contributed by atoms with van der Waals surface area (Å²) in [6.45, 7) is 3.80. The molecule has 2 aliphatic heterocycles. The molecular formula is C18H20N2O6. The van der Waals surface area contributed by atoms with Crippen LogP contribution in [0.25, 0.3) is 0 Å². The van der Waals surface area contributed by atoms with Gasteiger partial charge in [-0.2, -0.15) is 0 Å². The molecule has 0 N–H and O–H groups in total. The fraction of sp³-hybridized carbons (Fsp3) is 0.444. The first-order valence-corrected chi connectivity index (χ1v) is 8.41. The number of amides is 2. The van der Waals surface area contributed by atoms with Crippen molar-refractivity contribution in [1.29, 1.82) is 0 Å². The zero-order valence-electron chi connectivity index (χ0n) is 14.6. The summed E-state index contributed by atoms with van der Waals surface area (Å²) in [6, 6.07) is 6.44. The second kappa shape index (κ2) is 7.25. The summed E-state index contributed by atoms with van der Waals surface area (Å²) >= 11 is 0. The molecule has 138 valence electrons. The van der Waals surface area contributed by atoms with E-state index in [-0.39, 0.29) is 23.7 Å². The number of Topliss-reactive ketones (excluding diaryl/α,β-unsaturated/α-hetero) is 1. The number of rotatable bonds is 4. The molecule has 0 unspecified atom stereocenters. The van der Waals surface area contributed by atoms with Crippen molar-refractivity contribution < 1.29 is 28.7 Å². The number of anilines is 1. The fourth-order valence-corrected chi connectivity index (χ4v) is 3.19. The van der Waals surface area contributed by atoms with Crippen LogP contribution in [0.1, 0.15) is 24.2 Å². The predicted molar refractivity (Wildman–Crippen MR) is 90.7 cm³/mol. The third-order valence-corrected chi connectivity index (χ3v) is 4.30. The lowest BCUT2D eigenvalue weighted by Crippen LogP contribution is -2.49. The Bertz CT molecular complexity index is 752. The Labute approximate surface area is 150 Å². The Morgan fingerprint density at radius 2 is 1.81 bits per heavy atom. The average molecular weight is 360 g/mol. The fourth-order valence-electron chi connectivity index (χ4n) is 3.19. The van der Waals surface area contributed by atoms with Gasteiger partial charge in [0.05, 0.1) is 23.5 Å². The highest BCUT2D eigenvalue weighted by molar-refractivity contribution is 6.52. The van der Waals surface area contributed by atoms with Gasteiger partial charge in [-0.1, -0.05) is 12.1 Å². The summed E-state index contributed by atoms with van der Waals surface area (Å²) in [5.41, 5.74) is 0.638. The maximum Gasteiger partial charge on any atom is 0.326 e. The van der Waals surface area contributed by atoms with E-state index in [0.29, 0.717) is 18.8 Å².